The fourth-order valence-electron chi connectivity index (χ4n) is 3.12. The van der Waals surface area contributed by atoms with Crippen LogP contribution in [-0.2, 0) is 12.8 Å². The first-order chi connectivity index (χ1) is 14.6. The van der Waals surface area contributed by atoms with Gasteiger partial charge < -0.3 is 21.2 Å². The van der Waals surface area contributed by atoms with Crippen molar-refractivity contribution in [1.29, 1.82) is 0 Å². The molecule has 30 heavy (non-hydrogen) atoms. The second-order valence-electron chi connectivity index (χ2n) is 7.02. The van der Waals surface area contributed by atoms with Crippen LogP contribution in [0.3, 0.4) is 0 Å². The van der Waals surface area contributed by atoms with Gasteiger partial charge in [-0.2, -0.15) is 0 Å². The third-order valence-corrected chi connectivity index (χ3v) is 4.82. The fourth-order valence-corrected chi connectivity index (χ4v) is 3.12. The van der Waals surface area contributed by atoms with Crippen LogP contribution >= 0.6 is 0 Å². The number of para-hydroxylation sites is 1. The molecule has 1 heterocycles. The second kappa shape index (κ2) is 8.53. The lowest BCUT2D eigenvalue weighted by Gasteiger charge is -2.06. The van der Waals surface area contributed by atoms with Crippen LogP contribution in [0.1, 0.15) is 21.6 Å². The van der Waals surface area contributed by atoms with E-state index in [-0.39, 0.29) is 11.6 Å². The van der Waals surface area contributed by atoms with E-state index in [9.17, 15) is 4.79 Å². The molecule has 0 saturated heterocycles. The molecule has 0 unspecified atom stereocenters. The van der Waals surface area contributed by atoms with Crippen LogP contribution < -0.4 is 16.8 Å². The number of hydrogen-bond acceptors (Lipinski definition) is 5. The van der Waals surface area contributed by atoms with Gasteiger partial charge in [-0.3, -0.25) is 4.79 Å². The van der Waals surface area contributed by atoms with Gasteiger partial charge in [0.05, 0.1) is 5.56 Å². The minimum Gasteiger partial charge on any atom is -0.444 e. The van der Waals surface area contributed by atoms with Gasteiger partial charge >= 0.3 is 0 Å². The lowest BCUT2D eigenvalue weighted by molar-refractivity contribution is 0.102. The number of aryl methyl sites for hydroxylation is 2. The molecule has 4 aromatic rings. The molecule has 6 heteroatoms. The summed E-state index contributed by atoms with van der Waals surface area (Å²) in [6.45, 7) is 0. The molecule has 1 aromatic heterocycles. The Morgan fingerprint density at radius 1 is 0.867 bits per heavy atom. The standard InChI is InChI=1S/C24H22N4O2/c25-18-11-7-16(8-12-18)5-6-17-9-13-19(14-10-17)27-23(29)22-15-30-24(28-22)20-3-1-2-4-21(20)26/h1-4,7-15H,5-6,25-26H2,(H,27,29). The predicted molar refractivity (Wildman–Crippen MR) is 119 cm³/mol. The zero-order valence-electron chi connectivity index (χ0n) is 16.3. The highest BCUT2D eigenvalue weighted by molar-refractivity contribution is 6.03. The highest BCUT2D eigenvalue weighted by atomic mass is 16.3. The molecule has 150 valence electrons. The molecule has 0 spiro atoms. The number of carbonyl (C=O) groups is 1. The predicted octanol–water partition coefficient (Wildman–Crippen LogP) is 4.54. The van der Waals surface area contributed by atoms with Gasteiger partial charge in [0.25, 0.3) is 5.91 Å². The summed E-state index contributed by atoms with van der Waals surface area (Å²) in [5.74, 6) is -0.0228. The number of oxazole rings is 1. The molecule has 0 bridgehead atoms. The topological polar surface area (TPSA) is 107 Å². The van der Waals surface area contributed by atoms with Crippen molar-refractivity contribution >= 4 is 23.0 Å². The second-order valence-corrected chi connectivity index (χ2v) is 7.02. The maximum absolute atomic E-state index is 12.5. The van der Waals surface area contributed by atoms with Crippen LogP contribution in [0.4, 0.5) is 17.1 Å². The van der Waals surface area contributed by atoms with E-state index in [0.717, 1.165) is 18.5 Å². The van der Waals surface area contributed by atoms with E-state index in [1.807, 2.05) is 60.7 Å². The molecule has 5 N–H and O–H groups in total. The average molecular weight is 398 g/mol. The Hall–Kier alpha value is -4.06. The molecule has 0 saturated carbocycles. The minimum absolute atomic E-state index is 0.195. The summed E-state index contributed by atoms with van der Waals surface area (Å²) in [4.78, 5) is 16.7. The van der Waals surface area contributed by atoms with E-state index in [4.69, 9.17) is 15.9 Å². The molecule has 0 aliphatic carbocycles. The first-order valence-corrected chi connectivity index (χ1v) is 9.63. The van der Waals surface area contributed by atoms with E-state index in [1.54, 1.807) is 12.1 Å². The van der Waals surface area contributed by atoms with Crippen molar-refractivity contribution < 1.29 is 9.21 Å². The van der Waals surface area contributed by atoms with Crippen LogP contribution in [0.2, 0.25) is 0 Å². The third kappa shape index (κ3) is 4.50. The summed E-state index contributed by atoms with van der Waals surface area (Å²) in [7, 11) is 0. The summed E-state index contributed by atoms with van der Waals surface area (Å²) in [6, 6.07) is 22.9. The molecule has 0 aliphatic rings. The SMILES string of the molecule is Nc1ccc(CCc2ccc(NC(=O)c3coc(-c4ccccc4N)n3)cc2)cc1. The smallest absolute Gasteiger partial charge is 0.277 e. The van der Waals surface area contributed by atoms with Gasteiger partial charge in [-0.1, -0.05) is 36.4 Å². The third-order valence-electron chi connectivity index (χ3n) is 4.82. The van der Waals surface area contributed by atoms with Crippen molar-refractivity contribution in [2.24, 2.45) is 0 Å². The number of carbonyl (C=O) groups excluding carboxylic acids is 1. The van der Waals surface area contributed by atoms with Crippen LogP contribution in [-0.4, -0.2) is 10.9 Å². The Kier molecular flexibility index (Phi) is 5.48. The fraction of sp³-hybridized carbons (Fsp3) is 0.0833. The number of nitrogens with one attached hydrogen (secondary N) is 1. The highest BCUT2D eigenvalue weighted by Gasteiger charge is 2.15. The molecule has 4 rings (SSSR count). The molecule has 0 fully saturated rings. The van der Waals surface area contributed by atoms with Crippen molar-refractivity contribution in [3.8, 4) is 11.5 Å². The number of nitrogens with two attached hydrogens (primary N) is 2. The molecule has 6 nitrogen and oxygen atoms in total. The Bertz CT molecular complexity index is 1150. The first-order valence-electron chi connectivity index (χ1n) is 9.63. The maximum atomic E-state index is 12.5. The molecule has 3 aromatic carbocycles. The number of anilines is 3. The lowest BCUT2D eigenvalue weighted by Crippen LogP contribution is -2.12. The largest absolute Gasteiger partial charge is 0.444 e. The zero-order valence-corrected chi connectivity index (χ0v) is 16.3. The number of aromatic nitrogens is 1. The number of hydrogen-bond donors (Lipinski definition) is 3. The summed E-state index contributed by atoms with van der Waals surface area (Å²) >= 11 is 0. The van der Waals surface area contributed by atoms with Gasteiger partial charge in [0.2, 0.25) is 5.89 Å². The minimum atomic E-state index is -0.339. The molecule has 1 amide bonds. The van der Waals surface area contributed by atoms with Crippen LogP contribution in [0, 0.1) is 0 Å². The molecule has 0 radical (unpaired) electrons. The van der Waals surface area contributed by atoms with Crippen LogP contribution in [0.15, 0.2) is 83.5 Å². The van der Waals surface area contributed by atoms with Crippen molar-refractivity contribution in [3.63, 3.8) is 0 Å². The lowest BCUT2D eigenvalue weighted by atomic mass is 10.0. The van der Waals surface area contributed by atoms with E-state index in [2.05, 4.69) is 10.3 Å². The van der Waals surface area contributed by atoms with Gasteiger partial charge in [0, 0.05) is 17.1 Å². The van der Waals surface area contributed by atoms with Crippen molar-refractivity contribution in [2.75, 3.05) is 16.8 Å². The summed E-state index contributed by atoms with van der Waals surface area (Å²) < 4.78 is 5.43. The molecular formula is C24H22N4O2. The van der Waals surface area contributed by atoms with Crippen molar-refractivity contribution in [3.05, 3.63) is 95.9 Å². The van der Waals surface area contributed by atoms with Crippen molar-refractivity contribution in [2.45, 2.75) is 12.8 Å². The zero-order chi connectivity index (χ0) is 20.9. The summed E-state index contributed by atoms with van der Waals surface area (Å²) in [5.41, 5.74) is 16.9. The van der Waals surface area contributed by atoms with E-state index in [1.165, 1.54) is 17.4 Å². The van der Waals surface area contributed by atoms with E-state index in [0.29, 0.717) is 22.8 Å². The summed E-state index contributed by atoms with van der Waals surface area (Å²) in [5, 5.41) is 2.84. The first kappa shape index (κ1) is 19.3. The number of rotatable bonds is 6. The maximum Gasteiger partial charge on any atom is 0.277 e. The summed E-state index contributed by atoms with van der Waals surface area (Å²) in [6.07, 6.45) is 3.16. The number of benzene rings is 3. The highest BCUT2D eigenvalue weighted by Crippen LogP contribution is 2.25. The Morgan fingerprint density at radius 2 is 1.50 bits per heavy atom. The molecule has 0 atom stereocenters. The van der Waals surface area contributed by atoms with Crippen LogP contribution in [0.5, 0.6) is 0 Å². The van der Waals surface area contributed by atoms with E-state index >= 15 is 0 Å². The number of nitrogen functional groups attached to an aromatic ring is 2. The monoisotopic (exact) mass is 398 g/mol. The molecule has 0 aliphatic heterocycles. The van der Waals surface area contributed by atoms with Gasteiger partial charge in [-0.15, -0.1) is 0 Å². The Labute approximate surface area is 174 Å². The van der Waals surface area contributed by atoms with Gasteiger partial charge in [-0.25, -0.2) is 4.98 Å². The Morgan fingerprint density at radius 3 is 2.17 bits per heavy atom. The normalized spacial score (nSPS) is 10.7. The van der Waals surface area contributed by atoms with Crippen LogP contribution in [0.25, 0.3) is 11.5 Å². The molecular weight excluding hydrogens is 376 g/mol. The number of nitrogens with zero attached hydrogens (tertiary/aromatic N) is 1. The van der Waals surface area contributed by atoms with Gasteiger partial charge in [-0.05, 0) is 60.4 Å². The quantitative estimate of drug-likeness (QED) is 0.413. The van der Waals surface area contributed by atoms with Gasteiger partial charge in [0.1, 0.15) is 6.26 Å². The Balaban J connectivity index is 1.37. The van der Waals surface area contributed by atoms with Crippen molar-refractivity contribution in [1.82, 2.24) is 4.98 Å². The van der Waals surface area contributed by atoms with Gasteiger partial charge in [0.15, 0.2) is 5.69 Å². The number of amides is 1. The van der Waals surface area contributed by atoms with E-state index < -0.39 is 0 Å². The average Bonchev–Trinajstić information content (AvgIpc) is 3.25.